The van der Waals surface area contributed by atoms with Crippen molar-refractivity contribution in [3.8, 4) is 5.75 Å². The predicted molar refractivity (Wildman–Crippen MR) is 71.2 cm³/mol. The van der Waals surface area contributed by atoms with E-state index in [0.29, 0.717) is 0 Å². The van der Waals surface area contributed by atoms with Gasteiger partial charge in [-0.25, -0.2) is 0 Å². The average Bonchev–Trinajstić information content (AvgIpc) is 2.86. The maximum atomic E-state index is 12.4. The lowest BCUT2D eigenvalue weighted by Crippen LogP contribution is -2.56. The molecule has 2 aliphatic rings. The van der Waals surface area contributed by atoms with Crippen LogP contribution in [0.1, 0.15) is 25.7 Å². The van der Waals surface area contributed by atoms with Crippen LogP contribution in [-0.2, 0) is 4.79 Å². The fourth-order valence-electron chi connectivity index (χ4n) is 3.26. The van der Waals surface area contributed by atoms with E-state index < -0.39 is 0 Å². The lowest BCUT2D eigenvalue weighted by Gasteiger charge is -2.44. The number of ether oxygens (including phenoxy) is 1. The largest absolute Gasteiger partial charge is 0.495 e. The lowest BCUT2D eigenvalue weighted by molar-refractivity contribution is -0.121. The Balaban J connectivity index is 2.14. The van der Waals surface area contributed by atoms with Crippen LogP contribution >= 0.6 is 0 Å². The molecule has 3 rings (SSSR count). The SMILES string of the molecule is COc1cccc2c1N(C)C1(CCCC1)C(=O)N2. The van der Waals surface area contributed by atoms with Crippen molar-refractivity contribution in [3.63, 3.8) is 0 Å². The first-order chi connectivity index (χ1) is 8.69. The fraction of sp³-hybridized carbons (Fsp3) is 0.500. The van der Waals surface area contributed by atoms with Crippen molar-refractivity contribution in [1.29, 1.82) is 0 Å². The molecule has 0 unspecified atom stereocenters. The normalized spacial score (nSPS) is 20.8. The molecule has 4 nitrogen and oxygen atoms in total. The molecule has 4 heteroatoms. The number of carbonyl (C=O) groups excluding carboxylic acids is 1. The number of hydrogen-bond donors (Lipinski definition) is 1. The van der Waals surface area contributed by atoms with Crippen LogP contribution < -0.4 is 15.0 Å². The Bertz CT molecular complexity index is 493. The van der Waals surface area contributed by atoms with Gasteiger partial charge in [0.05, 0.1) is 12.8 Å². The molecular weight excluding hydrogens is 228 g/mol. The van der Waals surface area contributed by atoms with Crippen molar-refractivity contribution >= 4 is 17.3 Å². The Morgan fingerprint density at radius 3 is 2.72 bits per heavy atom. The quantitative estimate of drug-likeness (QED) is 0.827. The van der Waals surface area contributed by atoms with Crippen LogP contribution in [0.3, 0.4) is 0 Å². The molecule has 1 fully saturated rings. The van der Waals surface area contributed by atoms with Crippen LogP contribution in [0.15, 0.2) is 18.2 Å². The second-order valence-electron chi connectivity index (χ2n) is 5.11. The highest BCUT2D eigenvalue weighted by Crippen LogP contribution is 2.47. The van der Waals surface area contributed by atoms with Crippen molar-refractivity contribution in [2.24, 2.45) is 0 Å². The van der Waals surface area contributed by atoms with Gasteiger partial charge >= 0.3 is 0 Å². The number of benzene rings is 1. The van der Waals surface area contributed by atoms with E-state index in [1.807, 2.05) is 25.2 Å². The van der Waals surface area contributed by atoms with E-state index in [-0.39, 0.29) is 11.4 Å². The Morgan fingerprint density at radius 1 is 1.33 bits per heavy atom. The number of methoxy groups -OCH3 is 1. The smallest absolute Gasteiger partial charge is 0.250 e. The summed E-state index contributed by atoms with van der Waals surface area (Å²) in [6, 6.07) is 5.77. The number of para-hydroxylation sites is 1. The Kier molecular flexibility index (Phi) is 2.47. The van der Waals surface area contributed by atoms with E-state index in [4.69, 9.17) is 4.74 Å². The molecule has 1 aromatic carbocycles. The summed E-state index contributed by atoms with van der Waals surface area (Å²) in [6.07, 6.45) is 4.07. The van der Waals surface area contributed by atoms with Gasteiger partial charge < -0.3 is 15.0 Å². The van der Waals surface area contributed by atoms with Gasteiger partial charge in [0.1, 0.15) is 17.0 Å². The molecule has 1 aromatic rings. The summed E-state index contributed by atoms with van der Waals surface area (Å²) in [6.45, 7) is 0. The number of anilines is 2. The summed E-state index contributed by atoms with van der Waals surface area (Å²) < 4.78 is 5.43. The van der Waals surface area contributed by atoms with Crippen LogP contribution in [0.5, 0.6) is 5.75 Å². The predicted octanol–water partition coefficient (Wildman–Crippen LogP) is 2.40. The van der Waals surface area contributed by atoms with Crippen molar-refractivity contribution in [2.75, 3.05) is 24.4 Å². The van der Waals surface area contributed by atoms with Crippen LogP contribution in [0.25, 0.3) is 0 Å². The lowest BCUT2D eigenvalue weighted by atomic mass is 9.90. The molecule has 1 saturated carbocycles. The van der Waals surface area contributed by atoms with E-state index >= 15 is 0 Å². The van der Waals surface area contributed by atoms with Gasteiger partial charge in [0, 0.05) is 7.05 Å². The Morgan fingerprint density at radius 2 is 2.06 bits per heavy atom. The maximum absolute atomic E-state index is 12.4. The summed E-state index contributed by atoms with van der Waals surface area (Å²) in [5.74, 6) is 0.949. The van der Waals surface area contributed by atoms with Crippen molar-refractivity contribution in [2.45, 2.75) is 31.2 Å². The van der Waals surface area contributed by atoms with Gasteiger partial charge in [-0.3, -0.25) is 4.79 Å². The standard InChI is InChI=1S/C14H18N2O2/c1-16-12-10(6-5-7-11(12)18-2)15-13(17)14(16)8-3-4-9-14/h5-7H,3-4,8-9H2,1-2H3,(H,15,17). The van der Waals surface area contributed by atoms with Gasteiger partial charge in [0.25, 0.3) is 0 Å². The minimum Gasteiger partial charge on any atom is -0.495 e. The Labute approximate surface area is 107 Å². The summed E-state index contributed by atoms with van der Waals surface area (Å²) in [7, 11) is 3.67. The highest BCUT2D eigenvalue weighted by Gasteiger charge is 2.48. The molecule has 0 radical (unpaired) electrons. The summed E-state index contributed by atoms with van der Waals surface area (Å²) >= 11 is 0. The third kappa shape index (κ3) is 1.35. The van der Waals surface area contributed by atoms with Gasteiger partial charge in [-0.2, -0.15) is 0 Å². The molecule has 1 aliphatic carbocycles. The first-order valence-electron chi connectivity index (χ1n) is 6.41. The summed E-state index contributed by atoms with van der Waals surface area (Å²) in [5.41, 5.74) is 1.47. The highest BCUT2D eigenvalue weighted by atomic mass is 16.5. The van der Waals surface area contributed by atoms with Gasteiger partial charge in [0.15, 0.2) is 0 Å². The molecule has 1 heterocycles. The van der Waals surface area contributed by atoms with E-state index in [1.54, 1.807) is 7.11 Å². The molecule has 1 aliphatic heterocycles. The van der Waals surface area contributed by atoms with E-state index in [2.05, 4.69) is 10.2 Å². The molecule has 1 amide bonds. The molecule has 1 N–H and O–H groups in total. The molecule has 96 valence electrons. The van der Waals surface area contributed by atoms with Crippen LogP contribution in [0, 0.1) is 0 Å². The van der Waals surface area contributed by atoms with Crippen LogP contribution in [0.4, 0.5) is 11.4 Å². The van der Waals surface area contributed by atoms with E-state index in [1.165, 1.54) is 0 Å². The molecule has 1 spiro atoms. The van der Waals surface area contributed by atoms with Gasteiger partial charge in [-0.15, -0.1) is 0 Å². The van der Waals surface area contributed by atoms with Crippen LogP contribution in [0.2, 0.25) is 0 Å². The molecule has 0 atom stereocenters. The van der Waals surface area contributed by atoms with E-state index in [9.17, 15) is 4.79 Å². The average molecular weight is 246 g/mol. The fourth-order valence-corrected chi connectivity index (χ4v) is 3.26. The van der Waals surface area contributed by atoms with Gasteiger partial charge in [-0.05, 0) is 25.0 Å². The zero-order chi connectivity index (χ0) is 12.8. The number of likely N-dealkylation sites (N-methyl/N-ethyl adjacent to an activating group) is 1. The highest BCUT2D eigenvalue weighted by molar-refractivity contribution is 6.07. The number of carbonyl (C=O) groups is 1. The zero-order valence-corrected chi connectivity index (χ0v) is 10.8. The third-order valence-electron chi connectivity index (χ3n) is 4.30. The monoisotopic (exact) mass is 246 g/mol. The number of fused-ring (bicyclic) bond motifs is 1. The first-order valence-corrected chi connectivity index (χ1v) is 6.41. The number of nitrogens with one attached hydrogen (secondary N) is 1. The van der Waals surface area contributed by atoms with Crippen LogP contribution in [-0.4, -0.2) is 25.6 Å². The summed E-state index contributed by atoms with van der Waals surface area (Å²) in [5, 5.41) is 3.04. The van der Waals surface area contributed by atoms with Crippen molar-refractivity contribution < 1.29 is 9.53 Å². The zero-order valence-electron chi connectivity index (χ0n) is 10.8. The van der Waals surface area contributed by atoms with E-state index in [0.717, 1.165) is 42.8 Å². The maximum Gasteiger partial charge on any atom is 0.250 e. The number of hydrogen-bond acceptors (Lipinski definition) is 3. The first kappa shape index (κ1) is 11.4. The Hall–Kier alpha value is -1.71. The second kappa shape index (κ2) is 3.90. The number of nitrogens with zero attached hydrogens (tertiary/aromatic N) is 1. The third-order valence-corrected chi connectivity index (χ3v) is 4.30. The molecule has 18 heavy (non-hydrogen) atoms. The summed E-state index contributed by atoms with van der Waals surface area (Å²) in [4.78, 5) is 14.5. The number of rotatable bonds is 1. The van der Waals surface area contributed by atoms with Crippen molar-refractivity contribution in [3.05, 3.63) is 18.2 Å². The molecule has 0 saturated heterocycles. The molecular formula is C14H18N2O2. The van der Waals surface area contributed by atoms with Gasteiger partial charge in [0.2, 0.25) is 5.91 Å². The molecule has 0 aromatic heterocycles. The van der Waals surface area contributed by atoms with Gasteiger partial charge in [-0.1, -0.05) is 18.9 Å². The minimum atomic E-state index is -0.373. The van der Waals surface area contributed by atoms with Crippen molar-refractivity contribution in [1.82, 2.24) is 0 Å². The molecule has 0 bridgehead atoms. The number of amides is 1. The second-order valence-corrected chi connectivity index (χ2v) is 5.11. The topological polar surface area (TPSA) is 41.6 Å². The minimum absolute atomic E-state index is 0.128.